The average molecular weight is 231 g/mol. The molecule has 1 saturated heterocycles. The molecule has 17 heavy (non-hydrogen) atoms. The highest BCUT2D eigenvalue weighted by atomic mass is 15.2. The molecule has 1 aliphatic carbocycles. The zero-order chi connectivity index (χ0) is 11.7. The van der Waals surface area contributed by atoms with E-state index < -0.39 is 0 Å². The van der Waals surface area contributed by atoms with Gasteiger partial charge in [-0.25, -0.2) is 0 Å². The van der Waals surface area contributed by atoms with Gasteiger partial charge in [0.2, 0.25) is 0 Å². The van der Waals surface area contributed by atoms with E-state index in [0.29, 0.717) is 6.04 Å². The largest absolute Gasteiger partial charge is 0.369 e. The summed E-state index contributed by atoms with van der Waals surface area (Å²) in [5.41, 5.74) is 2.54. The molecule has 1 saturated carbocycles. The first-order valence-electron chi connectivity index (χ1n) is 6.73. The summed E-state index contributed by atoms with van der Waals surface area (Å²) in [7, 11) is 0. The van der Waals surface area contributed by atoms with Crippen molar-refractivity contribution in [2.45, 2.75) is 32.2 Å². The summed E-state index contributed by atoms with van der Waals surface area (Å²) >= 11 is 0. The Bertz CT molecular complexity index is 387. The molecule has 2 fully saturated rings. The van der Waals surface area contributed by atoms with E-state index in [1.807, 2.05) is 12.4 Å². The van der Waals surface area contributed by atoms with Crippen LogP contribution >= 0.6 is 0 Å². The van der Waals surface area contributed by atoms with Crippen molar-refractivity contribution in [2.24, 2.45) is 5.92 Å². The van der Waals surface area contributed by atoms with Crippen LogP contribution in [0.5, 0.6) is 0 Å². The summed E-state index contributed by atoms with van der Waals surface area (Å²) in [6.45, 7) is 5.58. The number of pyridine rings is 1. The second-order valence-electron chi connectivity index (χ2n) is 5.42. The van der Waals surface area contributed by atoms with Gasteiger partial charge in [-0.3, -0.25) is 4.98 Å². The van der Waals surface area contributed by atoms with Crippen LogP contribution in [0.3, 0.4) is 0 Å². The van der Waals surface area contributed by atoms with E-state index in [2.05, 4.69) is 28.2 Å². The fourth-order valence-electron chi connectivity index (χ4n) is 2.71. The zero-order valence-corrected chi connectivity index (χ0v) is 10.5. The Hall–Kier alpha value is -1.09. The molecule has 2 heterocycles. The number of hydrogen-bond donors (Lipinski definition) is 1. The molecular weight excluding hydrogens is 210 g/mol. The number of rotatable bonds is 2. The number of nitrogens with one attached hydrogen (secondary N) is 1. The molecule has 1 aromatic heterocycles. The van der Waals surface area contributed by atoms with E-state index >= 15 is 0 Å². The standard InChI is InChI=1S/C14H21N3/c1-11-7-13(9-15-8-11)17-6-2-5-16-14(10-17)12-3-4-12/h7-9,12,14,16H,2-6,10H2,1H3. The van der Waals surface area contributed by atoms with Crippen molar-refractivity contribution in [3.05, 3.63) is 24.0 Å². The Labute approximate surface area is 103 Å². The number of hydrogen-bond acceptors (Lipinski definition) is 3. The van der Waals surface area contributed by atoms with Gasteiger partial charge in [0.15, 0.2) is 0 Å². The molecular formula is C14H21N3. The van der Waals surface area contributed by atoms with Gasteiger partial charge in [0.1, 0.15) is 0 Å². The second kappa shape index (κ2) is 4.65. The van der Waals surface area contributed by atoms with Crippen molar-refractivity contribution < 1.29 is 0 Å². The van der Waals surface area contributed by atoms with Gasteiger partial charge in [0.25, 0.3) is 0 Å². The number of aryl methyl sites for hydroxylation is 1. The van der Waals surface area contributed by atoms with Crippen LogP contribution in [0.25, 0.3) is 0 Å². The van der Waals surface area contributed by atoms with E-state index in [-0.39, 0.29) is 0 Å². The fraction of sp³-hybridized carbons (Fsp3) is 0.643. The molecule has 92 valence electrons. The maximum atomic E-state index is 4.31. The predicted molar refractivity (Wildman–Crippen MR) is 70.3 cm³/mol. The van der Waals surface area contributed by atoms with Crippen LogP contribution in [0.2, 0.25) is 0 Å². The molecule has 0 bridgehead atoms. The quantitative estimate of drug-likeness (QED) is 0.843. The summed E-state index contributed by atoms with van der Waals surface area (Å²) < 4.78 is 0. The molecule has 0 radical (unpaired) electrons. The number of aromatic nitrogens is 1. The van der Waals surface area contributed by atoms with Crippen LogP contribution in [0, 0.1) is 12.8 Å². The van der Waals surface area contributed by atoms with Gasteiger partial charge in [-0.15, -0.1) is 0 Å². The summed E-state index contributed by atoms with van der Waals surface area (Å²) in [4.78, 5) is 6.82. The van der Waals surface area contributed by atoms with Crippen LogP contribution < -0.4 is 10.2 Å². The zero-order valence-electron chi connectivity index (χ0n) is 10.5. The first-order chi connectivity index (χ1) is 8.33. The third kappa shape index (κ3) is 2.60. The third-order valence-corrected chi connectivity index (χ3v) is 3.85. The van der Waals surface area contributed by atoms with E-state index in [9.17, 15) is 0 Å². The van der Waals surface area contributed by atoms with E-state index in [0.717, 1.165) is 25.6 Å². The Kier molecular flexibility index (Phi) is 3.02. The van der Waals surface area contributed by atoms with Crippen LogP contribution in [-0.4, -0.2) is 30.7 Å². The average Bonchev–Trinajstić information content (AvgIpc) is 3.15. The Balaban J connectivity index is 1.76. The molecule has 1 atom stereocenters. The molecule has 0 aromatic carbocycles. The van der Waals surface area contributed by atoms with Crippen molar-refractivity contribution in [3.63, 3.8) is 0 Å². The second-order valence-corrected chi connectivity index (χ2v) is 5.42. The van der Waals surface area contributed by atoms with Gasteiger partial charge in [0, 0.05) is 25.3 Å². The van der Waals surface area contributed by atoms with Crippen molar-refractivity contribution in [3.8, 4) is 0 Å². The smallest absolute Gasteiger partial charge is 0.0555 e. The van der Waals surface area contributed by atoms with Gasteiger partial charge in [-0.05, 0) is 50.3 Å². The predicted octanol–water partition coefficient (Wildman–Crippen LogP) is 1.97. The first-order valence-corrected chi connectivity index (χ1v) is 6.73. The fourth-order valence-corrected chi connectivity index (χ4v) is 2.71. The van der Waals surface area contributed by atoms with Crippen LogP contribution in [0.15, 0.2) is 18.5 Å². The van der Waals surface area contributed by atoms with Gasteiger partial charge in [-0.1, -0.05) is 0 Å². The highest BCUT2D eigenvalue weighted by molar-refractivity contribution is 5.46. The Morgan fingerprint density at radius 2 is 2.24 bits per heavy atom. The number of nitrogens with zero attached hydrogens (tertiary/aromatic N) is 2. The molecule has 3 heteroatoms. The molecule has 3 nitrogen and oxygen atoms in total. The molecule has 1 aliphatic heterocycles. The lowest BCUT2D eigenvalue weighted by Gasteiger charge is -2.26. The van der Waals surface area contributed by atoms with E-state index in [1.165, 1.54) is 30.5 Å². The highest BCUT2D eigenvalue weighted by Crippen LogP contribution is 2.34. The SMILES string of the molecule is Cc1cncc(N2CCCNC(C3CC3)C2)c1. The first kappa shape index (κ1) is 11.0. The topological polar surface area (TPSA) is 28.2 Å². The lowest BCUT2D eigenvalue weighted by Crippen LogP contribution is -2.39. The van der Waals surface area contributed by atoms with E-state index in [1.54, 1.807) is 0 Å². The van der Waals surface area contributed by atoms with Crippen LogP contribution in [0.4, 0.5) is 5.69 Å². The summed E-state index contributed by atoms with van der Waals surface area (Å²) in [6.07, 6.45) is 7.99. The molecule has 0 amide bonds. The summed E-state index contributed by atoms with van der Waals surface area (Å²) in [5, 5.41) is 3.70. The normalized spacial score (nSPS) is 25.7. The molecule has 1 unspecified atom stereocenters. The maximum absolute atomic E-state index is 4.31. The summed E-state index contributed by atoms with van der Waals surface area (Å²) in [6, 6.07) is 2.94. The van der Waals surface area contributed by atoms with Crippen molar-refractivity contribution in [1.82, 2.24) is 10.3 Å². The monoisotopic (exact) mass is 231 g/mol. The molecule has 2 aliphatic rings. The number of anilines is 1. The van der Waals surface area contributed by atoms with Crippen molar-refractivity contribution in [1.29, 1.82) is 0 Å². The molecule has 0 spiro atoms. The van der Waals surface area contributed by atoms with Crippen LogP contribution in [0.1, 0.15) is 24.8 Å². The highest BCUT2D eigenvalue weighted by Gasteiger charge is 2.33. The molecule has 1 aromatic rings. The van der Waals surface area contributed by atoms with Crippen molar-refractivity contribution >= 4 is 5.69 Å². The minimum Gasteiger partial charge on any atom is -0.369 e. The van der Waals surface area contributed by atoms with Gasteiger partial charge < -0.3 is 10.2 Å². The van der Waals surface area contributed by atoms with Gasteiger partial charge in [-0.2, -0.15) is 0 Å². The molecule has 3 rings (SSSR count). The van der Waals surface area contributed by atoms with Gasteiger partial charge >= 0.3 is 0 Å². The lowest BCUT2D eigenvalue weighted by atomic mass is 10.1. The summed E-state index contributed by atoms with van der Waals surface area (Å²) in [5.74, 6) is 0.924. The minimum absolute atomic E-state index is 0.693. The Morgan fingerprint density at radius 3 is 3.00 bits per heavy atom. The third-order valence-electron chi connectivity index (χ3n) is 3.85. The van der Waals surface area contributed by atoms with E-state index in [4.69, 9.17) is 0 Å². The maximum Gasteiger partial charge on any atom is 0.0555 e. The molecule has 1 N–H and O–H groups in total. The minimum atomic E-state index is 0.693. The van der Waals surface area contributed by atoms with Gasteiger partial charge in [0.05, 0.1) is 11.9 Å². The lowest BCUT2D eigenvalue weighted by molar-refractivity contribution is 0.490. The van der Waals surface area contributed by atoms with Crippen molar-refractivity contribution in [2.75, 3.05) is 24.5 Å². The Morgan fingerprint density at radius 1 is 1.35 bits per heavy atom. The van der Waals surface area contributed by atoms with Crippen LogP contribution in [-0.2, 0) is 0 Å².